The number of aliphatic hydroxyl groups is 4. The Bertz CT molecular complexity index is 4110. The molecular formula is C108H162FN15O16. The Hall–Kier alpha value is -9.41. The third-order valence-corrected chi connectivity index (χ3v) is 23.9. The predicted octanol–water partition coefficient (Wildman–Crippen LogP) is 7.99. The Morgan fingerprint density at radius 2 is 0.464 bits per heavy atom. The lowest BCUT2D eigenvalue weighted by molar-refractivity contribution is 0.0700. The zero-order valence-electron chi connectivity index (χ0n) is 83.3. The standard InChI is InChI=1S/C54H90N12O8.C38H38O8.C16H33N3.FH/c55-17-25-63(26-18-56)33-45(67)37-71-49-9-1-41(2-10-49)53(42-3-11-50(12-4-42)72-38-46(68)34-64(27-19-57)28-20-58)54(43-5-13-51(14-6-43)73-39-47(69)35-65(29-21-59)30-22-60)44-7-15-52(16-8-44)74-40-48(70)36-66(31-23-61)32-24-62;1-9-29(39-17-33-21-43-33)10-2-25(1)37(26-3-11-30(12-4-26)40-18-34-22-44-34)38(27-5-13-31(14-6-27)41-19-35-23-45-35)28-7-15-32(16-8-28)42-20-36-24-46-36;1-13(2)11-15(5)18-9-7-17-8-10-19-16(6)12-14(3)4;/h1-16,45-48,53-54,67-70H,17-40,55-62H2;1-16,33-38H,17-24H2;13-14,17H,7-12H2,1-6H3;1H. The molecule has 8 unspecified atom stereocenters. The van der Waals surface area contributed by atoms with Crippen molar-refractivity contribution in [2.75, 3.05) is 236 Å². The summed E-state index contributed by atoms with van der Waals surface area (Å²) in [5.41, 5.74) is 57.5. The second-order valence-corrected chi connectivity index (χ2v) is 37.1. The molecule has 140 heavy (non-hydrogen) atoms. The summed E-state index contributed by atoms with van der Waals surface area (Å²) < 4.78 is 69.7. The fraction of sp³-hybridized carbons (Fsp3) is 0.537. The average Bonchev–Trinajstić information content (AvgIpc) is 1.49. The smallest absolute Gasteiger partial charge is 0.119 e. The summed E-state index contributed by atoms with van der Waals surface area (Å²) in [6, 6.07) is 65.5. The van der Waals surface area contributed by atoms with Gasteiger partial charge in [-0.15, -0.1) is 0 Å². The van der Waals surface area contributed by atoms with Crippen molar-refractivity contribution in [3.63, 3.8) is 0 Å². The van der Waals surface area contributed by atoms with E-state index in [0.29, 0.717) is 192 Å². The first-order valence-electron chi connectivity index (χ1n) is 49.8. The van der Waals surface area contributed by atoms with Crippen LogP contribution in [-0.2, 0) is 18.9 Å². The van der Waals surface area contributed by atoms with E-state index in [-0.39, 0.29) is 79.2 Å². The molecule has 4 heterocycles. The zero-order valence-corrected chi connectivity index (χ0v) is 83.3. The van der Waals surface area contributed by atoms with Crippen LogP contribution >= 0.6 is 0 Å². The number of aliphatic hydroxyl groups excluding tert-OH is 4. The fourth-order valence-corrected chi connectivity index (χ4v) is 16.8. The van der Waals surface area contributed by atoms with Gasteiger partial charge in [0.05, 0.1) is 39.5 Å². The fourth-order valence-electron chi connectivity index (χ4n) is 16.8. The van der Waals surface area contributed by atoms with Gasteiger partial charge < -0.3 is 128 Å². The number of hydrogen-bond donors (Lipinski definition) is 13. The van der Waals surface area contributed by atoms with Crippen LogP contribution in [0.25, 0.3) is 0 Å². The maximum atomic E-state index is 10.9. The molecule has 0 saturated carbocycles. The maximum absolute atomic E-state index is 10.9. The third-order valence-electron chi connectivity index (χ3n) is 23.9. The molecule has 8 aromatic carbocycles. The summed E-state index contributed by atoms with van der Waals surface area (Å²) in [4.78, 5) is 17.2. The van der Waals surface area contributed by atoms with E-state index in [1.807, 2.05) is 117 Å². The van der Waals surface area contributed by atoms with Crippen LogP contribution in [0.4, 0.5) is 4.70 Å². The minimum atomic E-state index is -0.753. The normalized spacial score (nSPS) is 17.2. The molecule has 0 amide bonds. The van der Waals surface area contributed by atoms with E-state index in [1.54, 1.807) is 0 Å². The minimum absolute atomic E-state index is 0. The highest BCUT2D eigenvalue weighted by atomic mass is 19.0. The number of nitrogens with zero attached hydrogens (tertiary/aromatic N) is 6. The molecule has 4 saturated heterocycles. The molecule has 8 atom stereocenters. The van der Waals surface area contributed by atoms with E-state index in [1.165, 1.54) is 33.7 Å². The largest absolute Gasteiger partial charge is 0.491 e. The molecule has 21 N–H and O–H groups in total. The molecule has 8 aromatic rings. The van der Waals surface area contributed by atoms with E-state index in [4.69, 9.17) is 103 Å². The number of aliphatic imine (C=N–C) groups is 2. The SMILES string of the molecule is CC(CC(C)C)=NCCNCCN=C(C)CC(C)C.F.NCCN(CCN)CC(O)COc1ccc(C(c2ccc(OCC(O)CN(CCN)CCN)cc2)C(c2ccc(OCC(O)CN(CCN)CCN)cc2)c2ccc(OCC(O)CN(CCN)CCN)cc2)cc1.c1cc(C(c2ccc(OCC3CO3)cc2)C(c2ccc(OCC3CO3)cc2)c2ccc(OCC3CO3)cc2)ccc1OCC1CO1. The van der Waals surface area contributed by atoms with E-state index >= 15 is 0 Å². The van der Waals surface area contributed by atoms with Crippen LogP contribution in [0.1, 0.15) is 123 Å². The van der Waals surface area contributed by atoms with Gasteiger partial charge in [-0.05, 0) is 180 Å². The summed E-state index contributed by atoms with van der Waals surface area (Å²) in [7, 11) is 0. The van der Waals surface area contributed by atoms with Crippen molar-refractivity contribution in [1.82, 2.24) is 24.9 Å². The molecule has 31 nitrogen and oxygen atoms in total. The summed E-state index contributed by atoms with van der Waals surface area (Å²) in [6.07, 6.45) is 0.0291. The van der Waals surface area contributed by atoms with Gasteiger partial charge in [0, 0.05) is 179 Å². The van der Waals surface area contributed by atoms with Crippen LogP contribution in [0.3, 0.4) is 0 Å². The number of nitrogens with two attached hydrogens (primary N) is 8. The number of rotatable bonds is 68. The molecule has 4 aliphatic rings. The van der Waals surface area contributed by atoms with Crippen LogP contribution in [0.5, 0.6) is 46.0 Å². The molecule has 4 fully saturated rings. The van der Waals surface area contributed by atoms with Crippen molar-refractivity contribution in [3.05, 3.63) is 239 Å². The van der Waals surface area contributed by atoms with Gasteiger partial charge in [0.25, 0.3) is 0 Å². The maximum Gasteiger partial charge on any atom is 0.119 e. The molecular weight excluding hydrogens is 1780 g/mol. The highest BCUT2D eigenvalue weighted by molar-refractivity contribution is 5.82. The Labute approximate surface area is 829 Å². The van der Waals surface area contributed by atoms with Crippen molar-refractivity contribution in [2.45, 2.75) is 127 Å². The van der Waals surface area contributed by atoms with Crippen molar-refractivity contribution in [3.8, 4) is 46.0 Å². The Morgan fingerprint density at radius 1 is 0.300 bits per heavy atom. The minimum Gasteiger partial charge on any atom is -0.491 e. The van der Waals surface area contributed by atoms with E-state index < -0.39 is 24.4 Å². The highest BCUT2D eigenvalue weighted by Gasteiger charge is 2.34. The topological polar surface area (TPSA) is 463 Å². The van der Waals surface area contributed by atoms with Crippen LogP contribution in [0.15, 0.2) is 204 Å². The van der Waals surface area contributed by atoms with Crippen LogP contribution in [-0.4, -0.2) is 337 Å². The lowest BCUT2D eigenvalue weighted by Gasteiger charge is -2.30. The number of halogens is 1. The summed E-state index contributed by atoms with van der Waals surface area (Å²) in [6.45, 7) is 32.7. The molecule has 772 valence electrons. The quantitative estimate of drug-likeness (QED) is 0.00975. The Morgan fingerprint density at radius 3 is 0.614 bits per heavy atom. The van der Waals surface area contributed by atoms with Gasteiger partial charge in [0.1, 0.15) is 148 Å². The number of ether oxygens (including phenoxy) is 12. The van der Waals surface area contributed by atoms with Crippen molar-refractivity contribution in [1.29, 1.82) is 0 Å². The summed E-state index contributed by atoms with van der Waals surface area (Å²) >= 11 is 0. The van der Waals surface area contributed by atoms with Gasteiger partial charge >= 0.3 is 0 Å². The van der Waals surface area contributed by atoms with E-state index in [2.05, 4.69) is 154 Å². The monoisotopic (exact) mass is 1940 g/mol. The van der Waals surface area contributed by atoms with Crippen LogP contribution in [0.2, 0.25) is 0 Å². The van der Waals surface area contributed by atoms with Gasteiger partial charge in [0.2, 0.25) is 0 Å². The number of benzene rings is 8. The van der Waals surface area contributed by atoms with E-state index in [9.17, 15) is 20.4 Å². The Kier molecular flexibility index (Phi) is 51.9. The molecule has 0 bridgehead atoms. The zero-order chi connectivity index (χ0) is 98.9. The van der Waals surface area contributed by atoms with Gasteiger partial charge in [-0.2, -0.15) is 0 Å². The molecule has 0 radical (unpaired) electrons. The first-order chi connectivity index (χ1) is 67.6. The molecule has 0 aromatic heterocycles. The van der Waals surface area contributed by atoms with Crippen LogP contribution in [0, 0.1) is 11.8 Å². The van der Waals surface area contributed by atoms with Gasteiger partial charge in [-0.3, -0.25) is 34.3 Å². The number of nitrogens with one attached hydrogen (secondary N) is 1. The van der Waals surface area contributed by atoms with Gasteiger partial charge in [0.15, 0.2) is 0 Å². The lowest BCUT2D eigenvalue weighted by Crippen LogP contribution is -2.41. The number of hydrogen-bond acceptors (Lipinski definition) is 31. The lowest BCUT2D eigenvalue weighted by atomic mass is 9.73. The first-order valence-corrected chi connectivity index (χ1v) is 49.8. The van der Waals surface area contributed by atoms with E-state index in [0.717, 1.165) is 111 Å². The summed E-state index contributed by atoms with van der Waals surface area (Å²) in [5.74, 6) is 6.55. The second-order valence-electron chi connectivity index (χ2n) is 37.1. The second kappa shape index (κ2) is 63.6. The third kappa shape index (κ3) is 43.0. The Balaban J connectivity index is 0.000000278. The van der Waals surface area contributed by atoms with Crippen molar-refractivity contribution < 1.29 is 82.0 Å². The van der Waals surface area contributed by atoms with Crippen molar-refractivity contribution in [2.24, 2.45) is 67.7 Å². The first kappa shape index (κ1) is 114. The van der Waals surface area contributed by atoms with Gasteiger partial charge in [-0.1, -0.05) is 125 Å². The molecule has 0 spiro atoms. The van der Waals surface area contributed by atoms with Gasteiger partial charge in [-0.25, -0.2) is 0 Å². The summed E-state index contributed by atoms with van der Waals surface area (Å²) in [5, 5.41) is 46.9. The predicted molar refractivity (Wildman–Crippen MR) is 554 cm³/mol. The highest BCUT2D eigenvalue weighted by Crippen LogP contribution is 2.47. The average molecular weight is 1950 g/mol. The number of epoxide rings is 4. The van der Waals surface area contributed by atoms with Crippen LogP contribution < -0.4 is 89.1 Å². The molecule has 4 aliphatic heterocycles. The van der Waals surface area contributed by atoms with Crippen molar-refractivity contribution >= 4 is 11.4 Å². The molecule has 32 heteroatoms. The molecule has 0 aliphatic carbocycles. The molecule has 12 rings (SSSR count).